The van der Waals surface area contributed by atoms with Crippen LogP contribution in [-0.2, 0) is 16.8 Å². The van der Waals surface area contributed by atoms with Crippen molar-refractivity contribution in [1.82, 2.24) is 5.32 Å². The quantitative estimate of drug-likeness (QED) is 0.691. The van der Waals surface area contributed by atoms with Crippen molar-refractivity contribution in [2.24, 2.45) is 5.92 Å². The van der Waals surface area contributed by atoms with E-state index < -0.39 is 0 Å². The Bertz CT molecular complexity index is 915. The lowest BCUT2D eigenvalue weighted by molar-refractivity contribution is -0.122. The topological polar surface area (TPSA) is 29.1 Å². The molecule has 1 amide bonds. The van der Waals surface area contributed by atoms with Crippen LogP contribution < -0.4 is 5.32 Å². The number of amides is 1. The maximum Gasteiger partial charge on any atom is 0.224 e. The number of carbonyl (C=O) groups excluding carboxylic acids is 1. The van der Waals surface area contributed by atoms with Gasteiger partial charge >= 0.3 is 0 Å². The highest BCUT2D eigenvalue weighted by Gasteiger charge is 2.60. The summed E-state index contributed by atoms with van der Waals surface area (Å²) in [5.74, 6) is 0.117. The molecule has 4 rings (SSSR count). The number of carbonyl (C=O) groups is 1. The first-order valence-electron chi connectivity index (χ1n) is 9.55. The molecule has 2 heteroatoms. The Balaban J connectivity index is 1.62. The molecule has 0 aromatic heterocycles. The van der Waals surface area contributed by atoms with Gasteiger partial charge in [0.25, 0.3) is 0 Å². The van der Waals surface area contributed by atoms with Gasteiger partial charge in [-0.3, -0.25) is 4.79 Å². The summed E-state index contributed by atoms with van der Waals surface area (Å²) in [7, 11) is 0. The van der Waals surface area contributed by atoms with Crippen molar-refractivity contribution in [2.45, 2.75) is 32.2 Å². The van der Waals surface area contributed by atoms with Crippen LogP contribution in [0.2, 0.25) is 0 Å². The van der Waals surface area contributed by atoms with Crippen LogP contribution in [0.1, 0.15) is 34.2 Å². The normalized spacial score (nSPS) is 17.3. The number of aryl methyl sites for hydroxylation is 2. The fourth-order valence-corrected chi connectivity index (χ4v) is 4.14. The molecular formula is C25H25NO. The molecule has 136 valence electrons. The smallest absolute Gasteiger partial charge is 0.224 e. The Hall–Kier alpha value is -2.87. The van der Waals surface area contributed by atoms with Crippen LogP contribution in [0.3, 0.4) is 0 Å². The molecule has 1 atom stereocenters. The van der Waals surface area contributed by atoms with Crippen molar-refractivity contribution < 1.29 is 4.79 Å². The molecule has 3 aromatic carbocycles. The molecule has 0 heterocycles. The van der Waals surface area contributed by atoms with Crippen LogP contribution in [0.5, 0.6) is 0 Å². The number of nitrogens with one attached hydrogen (secondary N) is 1. The highest BCUT2D eigenvalue weighted by atomic mass is 16.2. The summed E-state index contributed by atoms with van der Waals surface area (Å²) in [6.07, 6.45) is 0.862. The van der Waals surface area contributed by atoms with Gasteiger partial charge in [0.15, 0.2) is 0 Å². The minimum Gasteiger partial charge on any atom is -0.352 e. The SMILES string of the molecule is Cc1cccc(C2(c3cccc(C)c3)C[C@H]2C(=O)NCc2ccccc2)c1. The Morgan fingerprint density at radius 1 is 0.889 bits per heavy atom. The molecule has 1 saturated carbocycles. The third-order valence-corrected chi connectivity index (χ3v) is 5.65. The molecule has 0 radical (unpaired) electrons. The summed E-state index contributed by atoms with van der Waals surface area (Å²) < 4.78 is 0. The lowest BCUT2D eigenvalue weighted by Gasteiger charge is -2.20. The van der Waals surface area contributed by atoms with Crippen molar-refractivity contribution in [3.05, 3.63) is 107 Å². The van der Waals surface area contributed by atoms with Crippen LogP contribution in [0.25, 0.3) is 0 Å². The second-order valence-electron chi connectivity index (χ2n) is 7.67. The largest absolute Gasteiger partial charge is 0.352 e. The second-order valence-corrected chi connectivity index (χ2v) is 7.67. The second kappa shape index (κ2) is 7.03. The number of benzene rings is 3. The van der Waals surface area contributed by atoms with E-state index in [1.54, 1.807) is 0 Å². The van der Waals surface area contributed by atoms with E-state index in [9.17, 15) is 4.79 Å². The van der Waals surface area contributed by atoms with Crippen molar-refractivity contribution in [1.29, 1.82) is 0 Å². The average molecular weight is 355 g/mol. The van der Waals surface area contributed by atoms with Gasteiger partial charge in [-0.2, -0.15) is 0 Å². The summed E-state index contributed by atoms with van der Waals surface area (Å²) in [5.41, 5.74) is 5.87. The van der Waals surface area contributed by atoms with Crippen molar-refractivity contribution >= 4 is 5.91 Å². The van der Waals surface area contributed by atoms with Gasteiger partial charge in [-0.1, -0.05) is 90.0 Å². The van der Waals surface area contributed by atoms with Crippen LogP contribution >= 0.6 is 0 Å². The molecule has 2 nitrogen and oxygen atoms in total. The van der Waals surface area contributed by atoms with Gasteiger partial charge in [-0.15, -0.1) is 0 Å². The highest BCUT2D eigenvalue weighted by Crippen LogP contribution is 2.59. The van der Waals surface area contributed by atoms with Gasteiger partial charge < -0.3 is 5.32 Å². The van der Waals surface area contributed by atoms with E-state index in [1.165, 1.54) is 22.3 Å². The van der Waals surface area contributed by atoms with Crippen LogP contribution in [0, 0.1) is 19.8 Å². The third kappa shape index (κ3) is 3.40. The van der Waals surface area contributed by atoms with E-state index in [2.05, 4.69) is 67.7 Å². The van der Waals surface area contributed by atoms with E-state index in [1.807, 2.05) is 30.3 Å². The molecule has 0 spiro atoms. The van der Waals surface area contributed by atoms with E-state index >= 15 is 0 Å². The van der Waals surface area contributed by atoms with E-state index in [0.717, 1.165) is 12.0 Å². The minimum absolute atomic E-state index is 0.0233. The summed E-state index contributed by atoms with van der Waals surface area (Å²) in [4.78, 5) is 13.0. The van der Waals surface area contributed by atoms with Crippen molar-refractivity contribution in [2.75, 3.05) is 0 Å². The van der Waals surface area contributed by atoms with Gasteiger partial charge in [0, 0.05) is 12.0 Å². The zero-order chi connectivity index (χ0) is 18.9. The third-order valence-electron chi connectivity index (χ3n) is 5.65. The number of hydrogen-bond donors (Lipinski definition) is 1. The number of hydrogen-bond acceptors (Lipinski definition) is 1. The molecule has 27 heavy (non-hydrogen) atoms. The first kappa shape index (κ1) is 17.5. The molecule has 0 unspecified atom stereocenters. The molecule has 3 aromatic rings. The predicted octanol–water partition coefficient (Wildman–Crippen LogP) is 4.93. The number of rotatable bonds is 5. The monoisotopic (exact) mass is 355 g/mol. The molecule has 0 bridgehead atoms. The van der Waals surface area contributed by atoms with Crippen LogP contribution in [-0.4, -0.2) is 5.91 Å². The molecule has 1 fully saturated rings. The zero-order valence-electron chi connectivity index (χ0n) is 15.9. The van der Waals surface area contributed by atoms with E-state index in [4.69, 9.17) is 0 Å². The Labute approximate surface area is 161 Å². The lowest BCUT2D eigenvalue weighted by Crippen LogP contribution is -2.28. The van der Waals surface area contributed by atoms with Crippen molar-refractivity contribution in [3.63, 3.8) is 0 Å². The van der Waals surface area contributed by atoms with Gasteiger partial charge in [0.1, 0.15) is 0 Å². The maximum absolute atomic E-state index is 13.0. The summed E-state index contributed by atoms with van der Waals surface area (Å²) in [5, 5.41) is 3.15. The first-order chi connectivity index (χ1) is 13.1. The molecule has 0 aliphatic heterocycles. The molecular weight excluding hydrogens is 330 g/mol. The summed E-state index contributed by atoms with van der Waals surface area (Å²) in [6, 6.07) is 27.3. The molecule has 1 aliphatic carbocycles. The Morgan fingerprint density at radius 3 is 2.04 bits per heavy atom. The summed E-state index contributed by atoms with van der Waals surface area (Å²) >= 11 is 0. The zero-order valence-corrected chi connectivity index (χ0v) is 15.9. The van der Waals surface area contributed by atoms with Gasteiger partial charge in [0.05, 0.1) is 5.92 Å². The van der Waals surface area contributed by atoms with E-state index in [-0.39, 0.29) is 17.2 Å². The van der Waals surface area contributed by atoms with Gasteiger partial charge in [-0.25, -0.2) is 0 Å². The highest BCUT2D eigenvalue weighted by molar-refractivity contribution is 5.86. The summed E-state index contributed by atoms with van der Waals surface area (Å²) in [6.45, 7) is 4.80. The Kier molecular flexibility index (Phi) is 4.57. The standard InChI is InChI=1S/C25H25NO/c1-18-8-6-12-21(14-18)25(22-13-7-9-19(2)15-22)16-23(25)24(27)26-17-20-10-4-3-5-11-20/h3-15,23H,16-17H2,1-2H3,(H,26,27)/t23-/m0/s1. The average Bonchev–Trinajstić information content (AvgIpc) is 3.44. The minimum atomic E-state index is -0.210. The lowest BCUT2D eigenvalue weighted by atomic mass is 9.84. The van der Waals surface area contributed by atoms with Gasteiger partial charge in [0.2, 0.25) is 5.91 Å². The predicted molar refractivity (Wildman–Crippen MR) is 110 cm³/mol. The molecule has 1 aliphatic rings. The van der Waals surface area contributed by atoms with Crippen LogP contribution in [0.4, 0.5) is 0 Å². The van der Waals surface area contributed by atoms with Crippen LogP contribution in [0.15, 0.2) is 78.9 Å². The fourth-order valence-electron chi connectivity index (χ4n) is 4.14. The molecule has 1 N–H and O–H groups in total. The molecule has 0 saturated heterocycles. The Morgan fingerprint density at radius 2 is 1.48 bits per heavy atom. The van der Waals surface area contributed by atoms with Crippen molar-refractivity contribution in [3.8, 4) is 0 Å². The maximum atomic E-state index is 13.0. The van der Waals surface area contributed by atoms with Gasteiger partial charge in [-0.05, 0) is 37.0 Å². The fraction of sp³-hybridized carbons (Fsp3) is 0.240. The van der Waals surface area contributed by atoms with E-state index in [0.29, 0.717) is 6.54 Å². The first-order valence-corrected chi connectivity index (χ1v) is 9.55.